The fourth-order valence-electron chi connectivity index (χ4n) is 3.62. The number of benzene rings is 2. The van der Waals surface area contributed by atoms with E-state index in [1.54, 1.807) is 11.0 Å². The Morgan fingerprint density at radius 2 is 1.65 bits per heavy atom. The predicted molar refractivity (Wildman–Crippen MR) is 118 cm³/mol. The SMILES string of the molecule is O=C(/C=C/c1ccc2c(c1)OCCCO2)N1CCN(S(=O)(=O)Cc2ccccc2)CC1. The largest absolute Gasteiger partial charge is 0.490 e. The zero-order valence-corrected chi connectivity index (χ0v) is 18.1. The molecule has 8 heteroatoms. The predicted octanol–water partition coefficient (Wildman–Crippen LogP) is 2.54. The highest BCUT2D eigenvalue weighted by molar-refractivity contribution is 7.88. The van der Waals surface area contributed by atoms with Gasteiger partial charge in [-0.25, -0.2) is 8.42 Å². The lowest BCUT2D eigenvalue weighted by molar-refractivity contribution is -0.127. The first kappa shape index (κ1) is 21.4. The number of sulfonamides is 1. The quantitative estimate of drug-likeness (QED) is 0.665. The summed E-state index contributed by atoms with van der Waals surface area (Å²) in [7, 11) is -3.40. The number of rotatable bonds is 5. The lowest BCUT2D eigenvalue weighted by Crippen LogP contribution is -2.50. The minimum Gasteiger partial charge on any atom is -0.490 e. The van der Waals surface area contributed by atoms with Crippen molar-refractivity contribution in [1.82, 2.24) is 9.21 Å². The number of fused-ring (bicyclic) bond motifs is 1. The molecule has 2 heterocycles. The van der Waals surface area contributed by atoms with Crippen molar-refractivity contribution in [3.8, 4) is 11.5 Å². The molecule has 1 saturated heterocycles. The molecule has 0 radical (unpaired) electrons. The van der Waals surface area contributed by atoms with Gasteiger partial charge in [0.1, 0.15) is 0 Å². The maximum absolute atomic E-state index is 12.7. The third kappa shape index (κ3) is 5.45. The molecule has 4 rings (SSSR count). The second-order valence-corrected chi connectivity index (χ2v) is 9.53. The van der Waals surface area contributed by atoms with Crippen LogP contribution in [0.1, 0.15) is 17.5 Å². The van der Waals surface area contributed by atoms with Crippen LogP contribution >= 0.6 is 0 Å². The van der Waals surface area contributed by atoms with Crippen LogP contribution in [0.15, 0.2) is 54.6 Å². The van der Waals surface area contributed by atoms with Gasteiger partial charge in [0.15, 0.2) is 11.5 Å². The first-order valence-electron chi connectivity index (χ1n) is 10.4. The molecule has 2 aliphatic heterocycles. The Morgan fingerprint density at radius 3 is 2.39 bits per heavy atom. The topological polar surface area (TPSA) is 76.2 Å². The number of nitrogens with zero attached hydrogens (tertiary/aromatic N) is 2. The molecule has 7 nitrogen and oxygen atoms in total. The number of hydrogen-bond donors (Lipinski definition) is 0. The highest BCUT2D eigenvalue weighted by Gasteiger charge is 2.28. The number of amides is 1. The summed E-state index contributed by atoms with van der Waals surface area (Å²) >= 11 is 0. The van der Waals surface area contributed by atoms with Gasteiger partial charge in [-0.1, -0.05) is 36.4 Å². The van der Waals surface area contributed by atoms with Crippen LogP contribution in [0.4, 0.5) is 0 Å². The van der Waals surface area contributed by atoms with Crippen molar-refractivity contribution in [3.05, 3.63) is 65.7 Å². The van der Waals surface area contributed by atoms with Gasteiger partial charge in [-0.3, -0.25) is 4.79 Å². The number of hydrogen-bond acceptors (Lipinski definition) is 5. The van der Waals surface area contributed by atoms with E-state index in [4.69, 9.17) is 9.47 Å². The molecule has 0 unspecified atom stereocenters. The molecule has 0 N–H and O–H groups in total. The van der Waals surface area contributed by atoms with E-state index in [1.807, 2.05) is 48.5 Å². The normalized spacial score (nSPS) is 17.5. The van der Waals surface area contributed by atoms with Crippen LogP contribution in [-0.2, 0) is 20.6 Å². The van der Waals surface area contributed by atoms with Crippen LogP contribution in [0.3, 0.4) is 0 Å². The molecule has 2 aromatic carbocycles. The molecular formula is C23H26N2O5S. The van der Waals surface area contributed by atoms with Gasteiger partial charge in [0.25, 0.3) is 0 Å². The van der Waals surface area contributed by atoms with E-state index in [0.717, 1.165) is 17.5 Å². The summed E-state index contributed by atoms with van der Waals surface area (Å²) in [5, 5.41) is 0. The van der Waals surface area contributed by atoms with Gasteiger partial charge < -0.3 is 14.4 Å². The Labute approximate surface area is 182 Å². The van der Waals surface area contributed by atoms with Crippen molar-refractivity contribution in [2.24, 2.45) is 0 Å². The Bertz CT molecular complexity index is 1040. The molecule has 0 spiro atoms. The van der Waals surface area contributed by atoms with E-state index in [2.05, 4.69) is 0 Å². The first-order chi connectivity index (χ1) is 15.0. The summed E-state index contributed by atoms with van der Waals surface area (Å²) in [4.78, 5) is 14.3. The Morgan fingerprint density at radius 1 is 0.935 bits per heavy atom. The average molecular weight is 443 g/mol. The molecule has 0 aliphatic carbocycles. The molecule has 1 fully saturated rings. The minimum absolute atomic E-state index is 0.0220. The maximum atomic E-state index is 12.7. The summed E-state index contributed by atoms with van der Waals surface area (Å²) in [5.41, 5.74) is 1.61. The van der Waals surface area contributed by atoms with E-state index in [0.29, 0.717) is 50.9 Å². The Kier molecular flexibility index (Phi) is 6.58. The van der Waals surface area contributed by atoms with E-state index in [9.17, 15) is 13.2 Å². The standard InChI is InChI=1S/C23H26N2O5S/c26-23(10-8-19-7-9-21-22(17-19)30-16-4-15-29-21)24-11-13-25(14-12-24)31(27,28)18-20-5-2-1-3-6-20/h1-3,5-10,17H,4,11-16,18H2/b10-8+. The third-order valence-corrected chi connectivity index (χ3v) is 7.18. The lowest BCUT2D eigenvalue weighted by atomic mass is 10.2. The van der Waals surface area contributed by atoms with Gasteiger partial charge >= 0.3 is 0 Å². The molecule has 1 amide bonds. The molecule has 2 aliphatic rings. The smallest absolute Gasteiger partial charge is 0.246 e. The first-order valence-corrected chi connectivity index (χ1v) is 12.0. The minimum atomic E-state index is -3.40. The van der Waals surface area contributed by atoms with E-state index < -0.39 is 10.0 Å². The monoisotopic (exact) mass is 442 g/mol. The third-order valence-electron chi connectivity index (χ3n) is 5.33. The van der Waals surface area contributed by atoms with Gasteiger partial charge in [0, 0.05) is 38.7 Å². The molecule has 2 aromatic rings. The Hall–Kier alpha value is -2.84. The van der Waals surface area contributed by atoms with E-state index in [-0.39, 0.29) is 11.7 Å². The van der Waals surface area contributed by atoms with Crippen molar-refractivity contribution in [3.63, 3.8) is 0 Å². The fraction of sp³-hybridized carbons (Fsp3) is 0.348. The Balaban J connectivity index is 1.32. The lowest BCUT2D eigenvalue weighted by Gasteiger charge is -2.33. The van der Waals surface area contributed by atoms with Crippen LogP contribution in [0.25, 0.3) is 6.08 Å². The summed E-state index contributed by atoms with van der Waals surface area (Å²) in [6, 6.07) is 14.7. The van der Waals surface area contributed by atoms with Crippen LogP contribution < -0.4 is 9.47 Å². The highest BCUT2D eigenvalue weighted by Crippen LogP contribution is 2.30. The van der Waals surface area contributed by atoms with Crippen LogP contribution in [-0.4, -0.2) is 62.9 Å². The van der Waals surface area contributed by atoms with Crippen molar-refractivity contribution >= 4 is 22.0 Å². The van der Waals surface area contributed by atoms with Crippen LogP contribution in [0.2, 0.25) is 0 Å². The molecule has 0 aromatic heterocycles. The molecule has 0 atom stereocenters. The van der Waals surface area contributed by atoms with E-state index in [1.165, 1.54) is 10.4 Å². The molecule has 0 saturated carbocycles. The van der Waals surface area contributed by atoms with Crippen molar-refractivity contribution in [2.75, 3.05) is 39.4 Å². The van der Waals surface area contributed by atoms with Crippen molar-refractivity contribution < 1.29 is 22.7 Å². The fourth-order valence-corrected chi connectivity index (χ4v) is 5.14. The molecule has 31 heavy (non-hydrogen) atoms. The van der Waals surface area contributed by atoms with Crippen LogP contribution in [0.5, 0.6) is 11.5 Å². The number of piperazine rings is 1. The maximum Gasteiger partial charge on any atom is 0.246 e. The highest BCUT2D eigenvalue weighted by atomic mass is 32.2. The molecule has 0 bridgehead atoms. The number of carbonyl (C=O) groups excluding carboxylic acids is 1. The summed E-state index contributed by atoms with van der Waals surface area (Å²) in [6.07, 6.45) is 4.11. The zero-order valence-electron chi connectivity index (χ0n) is 17.3. The van der Waals surface area contributed by atoms with E-state index >= 15 is 0 Å². The molecular weight excluding hydrogens is 416 g/mol. The average Bonchev–Trinajstić information content (AvgIpc) is 3.03. The van der Waals surface area contributed by atoms with Crippen molar-refractivity contribution in [1.29, 1.82) is 0 Å². The molecule has 164 valence electrons. The van der Waals surface area contributed by atoms with Crippen molar-refractivity contribution in [2.45, 2.75) is 12.2 Å². The second-order valence-electron chi connectivity index (χ2n) is 7.56. The zero-order chi connectivity index (χ0) is 21.7. The van der Waals surface area contributed by atoms with Gasteiger partial charge in [-0.2, -0.15) is 4.31 Å². The summed E-state index contributed by atoms with van der Waals surface area (Å²) < 4.78 is 38.1. The van der Waals surface area contributed by atoms with Gasteiger partial charge in [0.2, 0.25) is 15.9 Å². The number of carbonyl (C=O) groups is 1. The van der Waals surface area contributed by atoms with Gasteiger partial charge in [0.05, 0.1) is 19.0 Å². The summed E-state index contributed by atoms with van der Waals surface area (Å²) in [5.74, 6) is 1.25. The number of ether oxygens (including phenoxy) is 2. The second kappa shape index (κ2) is 9.53. The van der Waals surface area contributed by atoms with Gasteiger partial charge in [-0.15, -0.1) is 0 Å². The summed E-state index contributed by atoms with van der Waals surface area (Å²) in [6.45, 7) is 2.60. The van der Waals surface area contributed by atoms with Crippen LogP contribution in [0, 0.1) is 0 Å². The van der Waals surface area contributed by atoms with Gasteiger partial charge in [-0.05, 0) is 29.3 Å².